The number of hydrogen-bond donors (Lipinski definition) is 2. The first-order chi connectivity index (χ1) is 8.27. The van der Waals surface area contributed by atoms with E-state index in [4.69, 9.17) is 20.3 Å². The lowest BCUT2D eigenvalue weighted by atomic mass is 10.5. The van der Waals surface area contributed by atoms with Crippen molar-refractivity contribution in [3.8, 4) is 0 Å². The summed E-state index contributed by atoms with van der Waals surface area (Å²) in [4.78, 5) is 4.67. The summed E-state index contributed by atoms with van der Waals surface area (Å²) in [7, 11) is 0. The Morgan fingerprint density at radius 3 is 1.76 bits per heavy atom. The van der Waals surface area contributed by atoms with Crippen LogP contribution in [0.5, 0.6) is 0 Å². The van der Waals surface area contributed by atoms with Gasteiger partial charge in [-0.05, 0) is 34.6 Å². The Hall–Kier alpha value is -2.70. The van der Waals surface area contributed by atoms with E-state index in [2.05, 4.69) is 15.2 Å². The van der Waals surface area contributed by atoms with E-state index in [9.17, 15) is 0 Å². The molecule has 0 spiro atoms. The Bertz CT molecular complexity index is 574. The van der Waals surface area contributed by atoms with Crippen molar-refractivity contribution in [1.29, 1.82) is 0 Å². The maximum Gasteiger partial charge on any atom is 0.281 e. The standard InChI is InChI=1S/C10H10N4O3/c11-7-3-1-5-15-9(7)13-17-14-10-8(12)4-2-6-16-10/h1-6H,11-12H2. The molecule has 0 aromatic carbocycles. The van der Waals surface area contributed by atoms with Gasteiger partial charge in [0.1, 0.15) is 0 Å². The van der Waals surface area contributed by atoms with E-state index in [1.807, 2.05) is 0 Å². The van der Waals surface area contributed by atoms with Gasteiger partial charge in [0.2, 0.25) is 0 Å². The van der Waals surface area contributed by atoms with Gasteiger partial charge >= 0.3 is 0 Å². The van der Waals surface area contributed by atoms with Gasteiger partial charge in [0.25, 0.3) is 11.1 Å². The monoisotopic (exact) mass is 234 g/mol. The molecule has 0 amide bonds. The topological polar surface area (TPSA) is 112 Å². The van der Waals surface area contributed by atoms with Crippen molar-refractivity contribution in [2.75, 3.05) is 11.5 Å². The lowest BCUT2D eigenvalue weighted by molar-refractivity contribution is 0.113. The number of hydrogen-bond acceptors (Lipinski definition) is 7. The van der Waals surface area contributed by atoms with Crippen molar-refractivity contribution in [3.63, 3.8) is 0 Å². The first-order valence-corrected chi connectivity index (χ1v) is 4.68. The molecule has 0 saturated carbocycles. The highest BCUT2D eigenvalue weighted by atomic mass is 16.8. The molecule has 0 aliphatic rings. The molecule has 0 aliphatic heterocycles. The molecule has 4 N–H and O–H groups in total. The van der Waals surface area contributed by atoms with Crippen LogP contribution in [-0.2, 0) is 4.94 Å². The smallest absolute Gasteiger partial charge is 0.281 e. The van der Waals surface area contributed by atoms with Gasteiger partial charge in [-0.2, -0.15) is 0 Å². The number of rotatable bonds is 2. The van der Waals surface area contributed by atoms with Crippen LogP contribution < -0.4 is 22.6 Å². The van der Waals surface area contributed by atoms with Crippen LogP contribution in [0.2, 0.25) is 0 Å². The number of anilines is 2. The van der Waals surface area contributed by atoms with Crippen LogP contribution in [0.4, 0.5) is 11.4 Å². The fourth-order valence-electron chi connectivity index (χ4n) is 1.02. The Balaban J connectivity index is 2.26. The van der Waals surface area contributed by atoms with Crippen LogP contribution in [0.15, 0.2) is 55.9 Å². The minimum Gasteiger partial charge on any atom is -0.443 e. The van der Waals surface area contributed by atoms with Crippen molar-refractivity contribution in [2.45, 2.75) is 0 Å². The summed E-state index contributed by atoms with van der Waals surface area (Å²) >= 11 is 0. The van der Waals surface area contributed by atoms with Crippen molar-refractivity contribution in [3.05, 3.63) is 47.9 Å². The second-order valence-electron chi connectivity index (χ2n) is 3.01. The zero-order chi connectivity index (χ0) is 12.1. The van der Waals surface area contributed by atoms with Crippen molar-refractivity contribution in [2.24, 2.45) is 10.3 Å². The Morgan fingerprint density at radius 2 is 1.35 bits per heavy atom. The molecule has 0 atom stereocenters. The average molecular weight is 234 g/mol. The molecule has 7 heteroatoms. The van der Waals surface area contributed by atoms with Gasteiger partial charge in [0.15, 0.2) is 0 Å². The third kappa shape index (κ3) is 2.65. The van der Waals surface area contributed by atoms with E-state index in [0.717, 1.165) is 0 Å². The number of nitrogen functional groups attached to an aromatic ring is 2. The molecular weight excluding hydrogens is 224 g/mol. The summed E-state index contributed by atoms with van der Waals surface area (Å²) < 4.78 is 9.98. The highest BCUT2D eigenvalue weighted by Gasteiger charge is 1.93. The van der Waals surface area contributed by atoms with E-state index >= 15 is 0 Å². The normalized spacial score (nSPS) is 12.7. The van der Waals surface area contributed by atoms with Crippen molar-refractivity contribution in [1.82, 2.24) is 0 Å². The summed E-state index contributed by atoms with van der Waals surface area (Å²) in [6.45, 7) is 0. The van der Waals surface area contributed by atoms with E-state index in [-0.39, 0.29) is 11.1 Å². The van der Waals surface area contributed by atoms with E-state index in [1.54, 1.807) is 24.3 Å². The van der Waals surface area contributed by atoms with Crippen molar-refractivity contribution >= 4 is 11.4 Å². The van der Waals surface area contributed by atoms with Crippen LogP contribution >= 0.6 is 0 Å². The van der Waals surface area contributed by atoms with Gasteiger partial charge in [0, 0.05) is 0 Å². The summed E-state index contributed by atoms with van der Waals surface area (Å²) in [6.07, 6.45) is 2.83. The van der Waals surface area contributed by atoms with E-state index in [0.29, 0.717) is 11.4 Å². The molecule has 0 unspecified atom stereocenters. The summed E-state index contributed by atoms with van der Waals surface area (Å²) in [6, 6.07) is 6.51. The van der Waals surface area contributed by atoms with Crippen LogP contribution in [0.1, 0.15) is 0 Å². The lowest BCUT2D eigenvalue weighted by Gasteiger charge is -1.92. The minimum atomic E-state index is 0.116. The molecular formula is C10H10N4O3. The fraction of sp³-hybridized carbons (Fsp3) is 0. The SMILES string of the molecule is Nc1cccoc1=NON=c1occcc1N. The molecule has 88 valence electrons. The Labute approximate surface area is 95.6 Å². The van der Waals surface area contributed by atoms with Gasteiger partial charge < -0.3 is 20.3 Å². The molecule has 0 radical (unpaired) electrons. The zero-order valence-corrected chi connectivity index (χ0v) is 8.74. The zero-order valence-electron chi connectivity index (χ0n) is 8.74. The minimum absolute atomic E-state index is 0.116. The molecule has 0 aliphatic carbocycles. The van der Waals surface area contributed by atoms with Gasteiger partial charge in [-0.25, -0.2) is 4.94 Å². The molecule has 2 heterocycles. The average Bonchev–Trinajstić information content (AvgIpc) is 2.34. The Kier molecular flexibility index (Phi) is 3.10. The molecule has 0 bridgehead atoms. The molecule has 17 heavy (non-hydrogen) atoms. The third-order valence-corrected chi connectivity index (χ3v) is 1.81. The predicted molar refractivity (Wildman–Crippen MR) is 58.5 cm³/mol. The fourth-order valence-corrected chi connectivity index (χ4v) is 1.02. The van der Waals surface area contributed by atoms with Crippen LogP contribution in [-0.4, -0.2) is 0 Å². The van der Waals surface area contributed by atoms with Crippen LogP contribution in [0.25, 0.3) is 0 Å². The summed E-state index contributed by atoms with van der Waals surface area (Å²) in [5.41, 5.74) is 12.0. The van der Waals surface area contributed by atoms with Gasteiger partial charge in [0.05, 0.1) is 23.9 Å². The van der Waals surface area contributed by atoms with Gasteiger partial charge in [-0.15, -0.1) is 0 Å². The highest BCUT2D eigenvalue weighted by molar-refractivity contribution is 5.31. The van der Waals surface area contributed by atoms with Crippen molar-refractivity contribution < 1.29 is 13.8 Å². The quantitative estimate of drug-likeness (QED) is 0.729. The van der Waals surface area contributed by atoms with E-state index < -0.39 is 0 Å². The van der Waals surface area contributed by atoms with Gasteiger partial charge in [-0.3, -0.25) is 0 Å². The molecule has 2 rings (SSSR count). The summed E-state index contributed by atoms with van der Waals surface area (Å²) in [5.74, 6) is 0. The maximum atomic E-state index is 5.57. The molecule has 2 aromatic heterocycles. The predicted octanol–water partition coefficient (Wildman–Crippen LogP) is 0.385. The number of nitrogens with zero attached hydrogens (tertiary/aromatic N) is 2. The van der Waals surface area contributed by atoms with Crippen LogP contribution in [0.3, 0.4) is 0 Å². The maximum absolute atomic E-state index is 5.57. The molecule has 0 saturated heterocycles. The summed E-state index contributed by atoms with van der Waals surface area (Å²) in [5, 5.41) is 7.14. The largest absolute Gasteiger partial charge is 0.443 e. The van der Waals surface area contributed by atoms with Crippen LogP contribution in [0, 0.1) is 0 Å². The Morgan fingerprint density at radius 1 is 0.882 bits per heavy atom. The third-order valence-electron chi connectivity index (χ3n) is 1.81. The lowest BCUT2D eigenvalue weighted by Crippen LogP contribution is -2.10. The second-order valence-corrected chi connectivity index (χ2v) is 3.01. The second kappa shape index (κ2) is 4.88. The highest BCUT2D eigenvalue weighted by Crippen LogP contribution is 1.92. The van der Waals surface area contributed by atoms with E-state index in [1.165, 1.54) is 12.5 Å². The molecule has 7 nitrogen and oxygen atoms in total. The first kappa shape index (κ1) is 10.8. The number of nitrogens with two attached hydrogens (primary N) is 2. The molecule has 0 fully saturated rings. The first-order valence-electron chi connectivity index (χ1n) is 4.68. The van der Waals surface area contributed by atoms with Gasteiger partial charge in [-0.1, -0.05) is 0 Å². The molecule has 2 aromatic rings.